The third-order valence-corrected chi connectivity index (χ3v) is 7.46. The molecule has 0 unspecified atom stereocenters. The lowest BCUT2D eigenvalue weighted by molar-refractivity contribution is 0.102. The first-order chi connectivity index (χ1) is 14.6. The van der Waals surface area contributed by atoms with Crippen LogP contribution in [-0.4, -0.2) is 45.1 Å². The summed E-state index contributed by atoms with van der Waals surface area (Å²) in [6.07, 6.45) is 1.82. The first kappa shape index (κ1) is 23.4. The second-order valence-electron chi connectivity index (χ2n) is 8.15. The first-order valence-electron chi connectivity index (χ1n) is 10.3. The molecular formula is C23H28ClN3O3S. The summed E-state index contributed by atoms with van der Waals surface area (Å²) in [6.45, 7) is 7.24. The van der Waals surface area contributed by atoms with Gasteiger partial charge >= 0.3 is 0 Å². The van der Waals surface area contributed by atoms with E-state index in [4.69, 9.17) is 11.6 Å². The molecule has 0 bridgehead atoms. The highest BCUT2D eigenvalue weighted by Crippen LogP contribution is 2.26. The molecule has 0 aliphatic carbocycles. The maximum absolute atomic E-state index is 12.8. The van der Waals surface area contributed by atoms with E-state index in [2.05, 4.69) is 21.7 Å². The standard InChI is InChI=1S/C23H28ClN3O3S/c1-15-6-5-7-20(24)22(15)23(28)25-21-9-8-19(14-16(21)2)31(29,30)26-17(3)18-10-12-27(4)13-11-18/h5-9,14,18H,10-13H2,1-4H3,(H,25,28). The molecule has 0 atom stereocenters. The minimum absolute atomic E-state index is 0.115. The number of sulfonamides is 1. The molecule has 1 aliphatic rings. The second-order valence-corrected chi connectivity index (χ2v) is 10.2. The summed E-state index contributed by atoms with van der Waals surface area (Å²) >= 11 is 6.18. The van der Waals surface area contributed by atoms with Crippen LogP contribution in [0, 0.1) is 19.8 Å². The van der Waals surface area contributed by atoms with Crippen molar-refractivity contribution in [1.82, 2.24) is 4.90 Å². The van der Waals surface area contributed by atoms with E-state index >= 15 is 0 Å². The van der Waals surface area contributed by atoms with Crippen molar-refractivity contribution in [3.8, 4) is 0 Å². The van der Waals surface area contributed by atoms with E-state index in [0.717, 1.165) is 31.5 Å². The van der Waals surface area contributed by atoms with Crippen molar-refractivity contribution in [2.75, 3.05) is 25.5 Å². The van der Waals surface area contributed by atoms with Gasteiger partial charge in [-0.3, -0.25) is 4.79 Å². The molecule has 1 saturated heterocycles. The number of amides is 1. The summed E-state index contributed by atoms with van der Waals surface area (Å²) in [5.41, 5.74) is 2.97. The monoisotopic (exact) mass is 461 g/mol. The third kappa shape index (κ3) is 5.53. The number of anilines is 1. The predicted molar refractivity (Wildman–Crippen MR) is 126 cm³/mol. The molecule has 2 aromatic carbocycles. The Morgan fingerprint density at radius 3 is 2.42 bits per heavy atom. The van der Waals surface area contributed by atoms with Crippen molar-refractivity contribution in [2.45, 2.75) is 38.5 Å². The number of rotatable bonds is 5. The van der Waals surface area contributed by atoms with Crippen LogP contribution in [0.3, 0.4) is 0 Å². The fourth-order valence-electron chi connectivity index (χ4n) is 3.78. The van der Waals surface area contributed by atoms with E-state index in [0.29, 0.717) is 27.5 Å². The van der Waals surface area contributed by atoms with Crippen molar-refractivity contribution >= 4 is 38.9 Å². The zero-order chi connectivity index (χ0) is 22.8. The van der Waals surface area contributed by atoms with Gasteiger partial charge in [-0.25, -0.2) is 0 Å². The van der Waals surface area contributed by atoms with Gasteiger partial charge in [-0.2, -0.15) is 12.8 Å². The van der Waals surface area contributed by atoms with Crippen molar-refractivity contribution in [3.63, 3.8) is 0 Å². The molecular weight excluding hydrogens is 434 g/mol. The highest BCUT2D eigenvalue weighted by atomic mass is 35.5. The number of carbonyl (C=O) groups is 1. The van der Waals surface area contributed by atoms with Gasteiger partial charge in [0, 0.05) is 17.3 Å². The molecule has 0 spiro atoms. The fraction of sp³-hybridized carbons (Fsp3) is 0.391. The Labute approximate surface area is 189 Å². The first-order valence-corrected chi connectivity index (χ1v) is 12.1. The van der Waals surface area contributed by atoms with Crippen molar-refractivity contribution in [1.29, 1.82) is 0 Å². The molecule has 0 saturated carbocycles. The zero-order valence-corrected chi connectivity index (χ0v) is 19.8. The average Bonchev–Trinajstić information content (AvgIpc) is 2.69. The number of halogens is 1. The van der Waals surface area contributed by atoms with E-state index < -0.39 is 10.0 Å². The summed E-state index contributed by atoms with van der Waals surface area (Å²) in [5, 5.41) is 3.19. The van der Waals surface area contributed by atoms with Gasteiger partial charge < -0.3 is 10.2 Å². The van der Waals surface area contributed by atoms with E-state index in [1.165, 1.54) is 12.1 Å². The Morgan fingerprint density at radius 2 is 1.81 bits per heavy atom. The van der Waals surface area contributed by atoms with Gasteiger partial charge in [0.1, 0.15) is 0 Å². The van der Waals surface area contributed by atoms with Crippen molar-refractivity contribution in [3.05, 3.63) is 58.1 Å². The number of aryl methyl sites for hydroxylation is 2. The number of piperidine rings is 1. The van der Waals surface area contributed by atoms with Gasteiger partial charge in [-0.15, -0.1) is 0 Å². The van der Waals surface area contributed by atoms with Gasteiger partial charge in [0.15, 0.2) is 0 Å². The molecule has 166 valence electrons. The molecule has 1 heterocycles. The van der Waals surface area contributed by atoms with Crippen LogP contribution in [0.4, 0.5) is 5.69 Å². The van der Waals surface area contributed by atoms with Gasteiger partial charge in [0.2, 0.25) is 0 Å². The van der Waals surface area contributed by atoms with Crippen LogP contribution in [0.15, 0.2) is 45.7 Å². The van der Waals surface area contributed by atoms with Crippen LogP contribution in [0.2, 0.25) is 5.02 Å². The largest absolute Gasteiger partial charge is 0.322 e. The molecule has 0 radical (unpaired) electrons. The summed E-state index contributed by atoms with van der Waals surface area (Å²) in [7, 11) is -1.75. The van der Waals surface area contributed by atoms with Crippen LogP contribution in [-0.2, 0) is 10.0 Å². The average molecular weight is 462 g/mol. The Hall–Kier alpha value is -2.22. The number of hydrogen-bond acceptors (Lipinski definition) is 4. The lowest BCUT2D eigenvalue weighted by Crippen LogP contribution is -2.33. The third-order valence-electron chi connectivity index (χ3n) is 5.77. The van der Waals surface area contributed by atoms with E-state index in [-0.39, 0.29) is 16.7 Å². The number of hydrogen-bond donors (Lipinski definition) is 1. The quantitative estimate of drug-likeness (QED) is 0.654. The topological polar surface area (TPSA) is 78.8 Å². The SMILES string of the molecule is CC(=NS(=O)(=O)c1ccc(NC(=O)c2c(C)cccc2Cl)c(C)c1)C1CCN(C)CC1. The van der Waals surface area contributed by atoms with Gasteiger partial charge in [0.05, 0.1) is 15.5 Å². The maximum Gasteiger partial charge on any atom is 0.282 e. The zero-order valence-electron chi connectivity index (χ0n) is 18.3. The van der Waals surface area contributed by atoms with Gasteiger partial charge in [-0.1, -0.05) is 23.7 Å². The normalized spacial score (nSPS) is 16.4. The lowest BCUT2D eigenvalue weighted by atomic mass is 9.93. The van der Waals surface area contributed by atoms with Crippen LogP contribution >= 0.6 is 11.6 Å². The Balaban J connectivity index is 1.79. The Kier molecular flexibility index (Phi) is 7.19. The number of carbonyl (C=O) groups excluding carboxylic acids is 1. The molecule has 8 heteroatoms. The molecule has 3 rings (SSSR count). The lowest BCUT2D eigenvalue weighted by Gasteiger charge is -2.28. The van der Waals surface area contributed by atoms with Crippen LogP contribution in [0.25, 0.3) is 0 Å². The molecule has 0 aromatic heterocycles. The van der Waals surface area contributed by atoms with E-state index in [9.17, 15) is 13.2 Å². The maximum atomic E-state index is 12.8. The Morgan fingerprint density at radius 1 is 1.13 bits per heavy atom. The molecule has 31 heavy (non-hydrogen) atoms. The molecule has 6 nitrogen and oxygen atoms in total. The van der Waals surface area contributed by atoms with Crippen LogP contribution in [0.1, 0.15) is 41.3 Å². The summed E-state index contributed by atoms with van der Waals surface area (Å²) in [5.74, 6) is -0.151. The van der Waals surface area contributed by atoms with Crippen molar-refractivity contribution in [2.24, 2.45) is 10.3 Å². The molecule has 1 aliphatic heterocycles. The molecule has 2 aromatic rings. The smallest absolute Gasteiger partial charge is 0.282 e. The molecule has 1 N–H and O–H groups in total. The summed E-state index contributed by atoms with van der Waals surface area (Å²) in [4.78, 5) is 15.0. The van der Waals surface area contributed by atoms with E-state index in [1.807, 2.05) is 13.0 Å². The van der Waals surface area contributed by atoms with Gasteiger partial charge in [-0.05, 0) is 89.1 Å². The van der Waals surface area contributed by atoms with Crippen LogP contribution < -0.4 is 5.32 Å². The second kappa shape index (κ2) is 9.51. The highest BCUT2D eigenvalue weighted by molar-refractivity contribution is 7.90. The highest BCUT2D eigenvalue weighted by Gasteiger charge is 2.22. The number of likely N-dealkylation sites (tertiary alicyclic amines) is 1. The van der Waals surface area contributed by atoms with Crippen molar-refractivity contribution < 1.29 is 13.2 Å². The predicted octanol–water partition coefficient (Wildman–Crippen LogP) is 4.70. The fourth-order valence-corrected chi connectivity index (χ4v) is 5.29. The number of benzene rings is 2. The minimum atomic E-state index is -3.82. The van der Waals surface area contributed by atoms with Crippen LogP contribution in [0.5, 0.6) is 0 Å². The summed E-state index contributed by atoms with van der Waals surface area (Å²) < 4.78 is 29.8. The number of nitrogens with one attached hydrogen (secondary N) is 1. The molecule has 1 fully saturated rings. The molecule has 1 amide bonds. The van der Waals surface area contributed by atoms with Gasteiger partial charge in [0.25, 0.3) is 15.9 Å². The number of nitrogens with zero attached hydrogens (tertiary/aromatic N) is 2. The summed E-state index contributed by atoms with van der Waals surface area (Å²) in [6, 6.07) is 9.86. The van der Waals surface area contributed by atoms with E-state index in [1.54, 1.807) is 32.0 Å². The minimum Gasteiger partial charge on any atom is -0.322 e. The Bertz CT molecular complexity index is 1100.